The molecule has 0 aromatic carbocycles. The minimum absolute atomic E-state index is 0.0337. The summed E-state index contributed by atoms with van der Waals surface area (Å²) >= 11 is 0. The zero-order valence-electron chi connectivity index (χ0n) is 15.9. The summed E-state index contributed by atoms with van der Waals surface area (Å²) < 4.78 is 46.9. The summed E-state index contributed by atoms with van der Waals surface area (Å²) in [7, 11) is -3.70. The lowest BCUT2D eigenvalue weighted by molar-refractivity contribution is -0.183. The normalized spacial score (nSPS) is 40.7. The maximum Gasteiger partial charge on any atom is 0.325 e. The first-order valence-electron chi connectivity index (χ1n) is 8.72. The number of hydrogen-bond donors (Lipinski definition) is 1. The minimum atomic E-state index is -3.70. The molecule has 0 aliphatic carbocycles. The fourth-order valence-electron chi connectivity index (χ4n) is 4.20. The summed E-state index contributed by atoms with van der Waals surface area (Å²) in [6, 6.07) is 0. The largest absolute Gasteiger partial charge is 0.462 e. The number of nitrogens with one attached hydrogen (secondary N) is 1. The van der Waals surface area contributed by atoms with Crippen LogP contribution in [0.15, 0.2) is 12.2 Å². The number of amides is 1. The maximum atomic E-state index is 12.2. The van der Waals surface area contributed by atoms with Gasteiger partial charge in [-0.15, -0.1) is 0 Å². The predicted octanol–water partition coefficient (Wildman–Crippen LogP) is 0.0457. The van der Waals surface area contributed by atoms with E-state index in [1.54, 1.807) is 13.8 Å². The zero-order chi connectivity index (χ0) is 20.3. The Labute approximate surface area is 158 Å². The molecule has 1 N–H and O–H groups in total. The molecule has 10 heteroatoms. The molecule has 0 radical (unpaired) electrons. The van der Waals surface area contributed by atoms with E-state index in [4.69, 9.17) is 18.4 Å². The molecule has 3 aliphatic rings. The Morgan fingerprint density at radius 1 is 1.26 bits per heavy atom. The molecule has 0 spiro atoms. The molecule has 0 aromatic rings. The van der Waals surface area contributed by atoms with Gasteiger partial charge in [-0.25, -0.2) is 0 Å². The number of rotatable bonds is 7. The quantitative estimate of drug-likeness (QED) is 0.274. The molecule has 3 aliphatic heterocycles. The van der Waals surface area contributed by atoms with Crippen LogP contribution in [0, 0.1) is 0 Å². The van der Waals surface area contributed by atoms with E-state index in [2.05, 4.69) is 11.9 Å². The third kappa shape index (κ3) is 2.89. The Balaban J connectivity index is 1.55. The van der Waals surface area contributed by atoms with E-state index in [1.807, 2.05) is 6.92 Å². The van der Waals surface area contributed by atoms with Crippen molar-refractivity contribution in [2.24, 2.45) is 0 Å². The second-order valence-electron chi connectivity index (χ2n) is 7.76. The molecule has 27 heavy (non-hydrogen) atoms. The molecular formula is C17H25NO8S. The van der Waals surface area contributed by atoms with E-state index >= 15 is 0 Å². The Morgan fingerprint density at radius 3 is 2.56 bits per heavy atom. The Hall–Kier alpha value is -1.49. The summed E-state index contributed by atoms with van der Waals surface area (Å²) in [4.78, 5) is 23.0. The van der Waals surface area contributed by atoms with Crippen molar-refractivity contribution in [1.82, 2.24) is 5.32 Å². The fourth-order valence-corrected chi connectivity index (χ4v) is 6.20. The first kappa shape index (κ1) is 20.2. The van der Waals surface area contributed by atoms with E-state index in [9.17, 15) is 18.0 Å². The highest BCUT2D eigenvalue weighted by Gasteiger charge is 2.82. The molecule has 0 aromatic heterocycles. The predicted molar refractivity (Wildman–Crippen MR) is 93.2 cm³/mol. The van der Waals surface area contributed by atoms with Crippen LogP contribution in [0.25, 0.3) is 0 Å². The maximum absolute atomic E-state index is 12.2. The van der Waals surface area contributed by atoms with Crippen LogP contribution in [0.3, 0.4) is 0 Å². The van der Waals surface area contributed by atoms with Crippen LogP contribution in [-0.2, 0) is 38.1 Å². The lowest BCUT2D eigenvalue weighted by Gasteiger charge is -2.45. The molecule has 1 amide bonds. The third-order valence-electron chi connectivity index (χ3n) is 5.99. The summed E-state index contributed by atoms with van der Waals surface area (Å²) in [5.74, 6) is -1.04. The van der Waals surface area contributed by atoms with Gasteiger partial charge in [0, 0.05) is 12.0 Å². The molecule has 5 unspecified atom stereocenters. The van der Waals surface area contributed by atoms with Crippen LogP contribution in [0.5, 0.6) is 0 Å². The van der Waals surface area contributed by atoms with Gasteiger partial charge in [-0.3, -0.25) is 13.8 Å². The molecule has 152 valence electrons. The highest BCUT2D eigenvalue weighted by molar-refractivity contribution is 7.87. The highest BCUT2D eigenvalue weighted by atomic mass is 32.2. The number of esters is 1. The summed E-state index contributed by atoms with van der Waals surface area (Å²) in [5.41, 5.74) is -2.68. The molecular weight excluding hydrogens is 378 g/mol. The van der Waals surface area contributed by atoms with Crippen LogP contribution in [-0.4, -0.2) is 68.2 Å². The average Bonchev–Trinajstić information content (AvgIpc) is 3.07. The van der Waals surface area contributed by atoms with Crippen molar-refractivity contribution in [3.8, 4) is 0 Å². The lowest BCUT2D eigenvalue weighted by Crippen LogP contribution is -2.63. The van der Waals surface area contributed by atoms with Crippen molar-refractivity contribution in [3.63, 3.8) is 0 Å². The van der Waals surface area contributed by atoms with Crippen molar-refractivity contribution in [2.75, 3.05) is 19.8 Å². The van der Waals surface area contributed by atoms with Crippen LogP contribution in [0.2, 0.25) is 0 Å². The van der Waals surface area contributed by atoms with Crippen LogP contribution >= 0.6 is 0 Å². The molecule has 9 nitrogen and oxygen atoms in total. The number of carbonyl (C=O) groups is 2. The van der Waals surface area contributed by atoms with Gasteiger partial charge < -0.3 is 19.5 Å². The lowest BCUT2D eigenvalue weighted by atomic mass is 9.67. The fraction of sp³-hybridized carbons (Fsp3) is 0.765. The van der Waals surface area contributed by atoms with Gasteiger partial charge in [0.15, 0.2) is 0 Å². The number of hydrogen-bond acceptors (Lipinski definition) is 8. The van der Waals surface area contributed by atoms with E-state index in [-0.39, 0.29) is 19.8 Å². The van der Waals surface area contributed by atoms with Crippen molar-refractivity contribution < 1.29 is 36.4 Å². The van der Waals surface area contributed by atoms with Gasteiger partial charge in [-0.1, -0.05) is 6.58 Å². The molecule has 5 atom stereocenters. The van der Waals surface area contributed by atoms with Crippen LogP contribution in [0.4, 0.5) is 0 Å². The second-order valence-corrected chi connectivity index (χ2v) is 9.52. The second kappa shape index (κ2) is 6.26. The number of ether oxygens (including phenoxy) is 3. The summed E-state index contributed by atoms with van der Waals surface area (Å²) in [6.07, 6.45) is -0.295. The summed E-state index contributed by atoms with van der Waals surface area (Å²) in [5, 5.41) is 1.69. The van der Waals surface area contributed by atoms with Crippen molar-refractivity contribution >= 4 is 22.0 Å². The Bertz CT molecular complexity index is 795. The van der Waals surface area contributed by atoms with E-state index in [0.717, 1.165) is 0 Å². The number of carbonyl (C=O) groups excluding carboxylic acids is 2. The first-order chi connectivity index (χ1) is 12.4. The van der Waals surface area contributed by atoms with Gasteiger partial charge in [0.1, 0.15) is 35.7 Å². The molecule has 3 heterocycles. The standard InChI is InChI=1S/C17H25NO8S/c1-10(2)14(20)18-9-12(19)23-6-7-24-17(5)15(3)8-11-13(25-15)16(17,4)26-27(11,21)22/h11,13H,1,6-9H2,2-5H3,(H,18,20). The highest BCUT2D eigenvalue weighted by Crippen LogP contribution is 2.64. The van der Waals surface area contributed by atoms with E-state index in [1.165, 1.54) is 6.92 Å². The van der Waals surface area contributed by atoms with Gasteiger partial charge in [-0.05, 0) is 27.7 Å². The Kier molecular flexibility index (Phi) is 4.70. The molecule has 3 fully saturated rings. The molecule has 2 bridgehead atoms. The monoisotopic (exact) mass is 403 g/mol. The van der Waals surface area contributed by atoms with Gasteiger partial charge in [0.2, 0.25) is 5.91 Å². The summed E-state index contributed by atoms with van der Waals surface area (Å²) in [6.45, 7) is 9.97. The van der Waals surface area contributed by atoms with Crippen molar-refractivity contribution in [2.45, 2.75) is 62.3 Å². The number of fused-ring (bicyclic) bond motifs is 1. The van der Waals surface area contributed by atoms with Gasteiger partial charge in [0.05, 0.1) is 12.2 Å². The molecule has 3 rings (SSSR count). The molecule has 0 saturated carbocycles. The SMILES string of the molecule is C=C(C)C(=O)NCC(=O)OCCOC1(C)C2(C)CC3C(O2)C1(C)OS3(=O)=O. The first-order valence-corrected chi connectivity index (χ1v) is 10.2. The van der Waals surface area contributed by atoms with E-state index in [0.29, 0.717) is 12.0 Å². The minimum Gasteiger partial charge on any atom is -0.462 e. The van der Waals surface area contributed by atoms with Gasteiger partial charge >= 0.3 is 5.97 Å². The third-order valence-corrected chi connectivity index (χ3v) is 7.73. The Morgan fingerprint density at radius 2 is 1.93 bits per heavy atom. The van der Waals surface area contributed by atoms with Crippen LogP contribution < -0.4 is 5.32 Å². The van der Waals surface area contributed by atoms with E-state index < -0.39 is 50.2 Å². The molecule has 3 saturated heterocycles. The zero-order valence-corrected chi connectivity index (χ0v) is 16.7. The van der Waals surface area contributed by atoms with Gasteiger partial charge in [-0.2, -0.15) is 8.42 Å². The average molecular weight is 403 g/mol. The van der Waals surface area contributed by atoms with Crippen molar-refractivity contribution in [3.05, 3.63) is 12.2 Å². The smallest absolute Gasteiger partial charge is 0.325 e. The van der Waals surface area contributed by atoms with Crippen LogP contribution in [0.1, 0.15) is 34.1 Å². The van der Waals surface area contributed by atoms with Gasteiger partial charge in [0.25, 0.3) is 10.1 Å². The van der Waals surface area contributed by atoms with Crippen molar-refractivity contribution in [1.29, 1.82) is 0 Å². The topological polar surface area (TPSA) is 117 Å².